The Bertz CT molecular complexity index is 693. The number of fused-ring (bicyclic) bond motifs is 1. The molecule has 126 valence electrons. The van der Waals surface area contributed by atoms with Crippen LogP contribution in [0.4, 0.5) is 5.69 Å². The zero-order valence-corrected chi connectivity index (χ0v) is 14.5. The molecule has 0 aliphatic heterocycles. The van der Waals surface area contributed by atoms with E-state index in [1.807, 2.05) is 32.6 Å². The molecule has 1 N–H and O–H groups in total. The number of nitrogens with one attached hydrogen (secondary N) is 1. The van der Waals surface area contributed by atoms with Crippen LogP contribution in [0.25, 0.3) is 11.2 Å². The van der Waals surface area contributed by atoms with Crippen LogP contribution in [0, 0.1) is 6.92 Å². The van der Waals surface area contributed by atoms with Gasteiger partial charge < -0.3 is 19.5 Å². The number of hydrogen-bond donors (Lipinski definition) is 1. The number of hydrogen-bond acceptors (Lipinski definition) is 6. The van der Waals surface area contributed by atoms with Gasteiger partial charge in [-0.3, -0.25) is 0 Å². The van der Waals surface area contributed by atoms with Gasteiger partial charge in [-0.1, -0.05) is 0 Å². The van der Waals surface area contributed by atoms with Crippen molar-refractivity contribution >= 4 is 22.8 Å². The summed E-state index contributed by atoms with van der Waals surface area (Å²) >= 11 is 0. The number of ether oxygens (including phenoxy) is 1. The second-order valence-electron chi connectivity index (χ2n) is 5.74. The fraction of sp³-hybridized carbons (Fsp3) is 0.562. The number of aromatic nitrogens is 3. The highest BCUT2D eigenvalue weighted by Crippen LogP contribution is 2.26. The molecule has 2 heterocycles. The van der Waals surface area contributed by atoms with Gasteiger partial charge in [0.05, 0.1) is 12.3 Å². The highest BCUT2D eigenvalue weighted by atomic mass is 16.5. The average Bonchev–Trinajstić information content (AvgIpc) is 2.79. The van der Waals surface area contributed by atoms with Crippen LogP contribution in [0.5, 0.6) is 0 Å². The molecule has 0 atom stereocenters. The first kappa shape index (κ1) is 17.2. The van der Waals surface area contributed by atoms with E-state index in [0.717, 1.165) is 31.0 Å². The van der Waals surface area contributed by atoms with Crippen molar-refractivity contribution in [3.05, 3.63) is 17.6 Å². The molecule has 0 bridgehead atoms. The van der Waals surface area contributed by atoms with Crippen molar-refractivity contribution in [2.24, 2.45) is 7.05 Å². The second kappa shape index (κ2) is 7.41. The van der Waals surface area contributed by atoms with Crippen molar-refractivity contribution in [2.45, 2.75) is 20.3 Å². The predicted molar refractivity (Wildman–Crippen MR) is 90.9 cm³/mol. The summed E-state index contributed by atoms with van der Waals surface area (Å²) in [6.07, 6.45) is 2.53. The Kier molecular flexibility index (Phi) is 5.54. The van der Waals surface area contributed by atoms with Crippen LogP contribution in [-0.2, 0) is 11.8 Å². The zero-order valence-electron chi connectivity index (χ0n) is 14.5. The van der Waals surface area contributed by atoms with Gasteiger partial charge in [-0.15, -0.1) is 0 Å². The topological polar surface area (TPSA) is 72.3 Å². The Balaban J connectivity index is 2.36. The normalized spacial score (nSPS) is 11.2. The van der Waals surface area contributed by atoms with E-state index < -0.39 is 0 Å². The summed E-state index contributed by atoms with van der Waals surface area (Å²) in [5.74, 6) is 0.477. The van der Waals surface area contributed by atoms with Crippen molar-refractivity contribution in [3.8, 4) is 0 Å². The van der Waals surface area contributed by atoms with Gasteiger partial charge in [0, 0.05) is 19.8 Å². The lowest BCUT2D eigenvalue weighted by molar-refractivity contribution is 0.0527. The summed E-state index contributed by atoms with van der Waals surface area (Å²) in [6, 6.07) is 0. The van der Waals surface area contributed by atoms with E-state index >= 15 is 0 Å². The van der Waals surface area contributed by atoms with Gasteiger partial charge in [0.2, 0.25) is 0 Å². The number of aryl methyl sites for hydroxylation is 2. The van der Waals surface area contributed by atoms with Gasteiger partial charge in [0.25, 0.3) is 0 Å². The van der Waals surface area contributed by atoms with Crippen molar-refractivity contribution in [1.29, 1.82) is 0 Å². The first-order valence-electron chi connectivity index (χ1n) is 7.83. The monoisotopic (exact) mass is 319 g/mol. The summed E-state index contributed by atoms with van der Waals surface area (Å²) in [5.41, 5.74) is 2.60. The largest absolute Gasteiger partial charge is 0.462 e. The number of rotatable bonds is 7. The molecular weight excluding hydrogens is 294 g/mol. The number of nitrogens with zero attached hydrogens (tertiary/aromatic N) is 4. The molecule has 0 unspecified atom stereocenters. The maximum absolute atomic E-state index is 12.2. The fourth-order valence-corrected chi connectivity index (χ4v) is 2.38. The van der Waals surface area contributed by atoms with Crippen LogP contribution >= 0.6 is 0 Å². The molecule has 0 aliphatic carbocycles. The van der Waals surface area contributed by atoms with Crippen LogP contribution in [0.15, 0.2) is 6.20 Å². The highest BCUT2D eigenvalue weighted by Gasteiger charge is 2.19. The SMILES string of the molecule is CCOC(=O)c1cnc2c(nc(C)n2C)c1NCCCN(C)C. The minimum absolute atomic E-state index is 0.332. The summed E-state index contributed by atoms with van der Waals surface area (Å²) in [4.78, 5) is 23.2. The smallest absolute Gasteiger partial charge is 0.341 e. The Morgan fingerprint density at radius 3 is 2.83 bits per heavy atom. The lowest BCUT2D eigenvalue weighted by Crippen LogP contribution is -2.18. The third-order valence-electron chi connectivity index (χ3n) is 3.69. The maximum Gasteiger partial charge on any atom is 0.341 e. The minimum Gasteiger partial charge on any atom is -0.462 e. The number of anilines is 1. The molecule has 7 heteroatoms. The maximum atomic E-state index is 12.2. The van der Waals surface area contributed by atoms with Crippen LogP contribution in [0.1, 0.15) is 29.5 Å². The molecule has 2 aromatic rings. The van der Waals surface area contributed by atoms with Gasteiger partial charge in [-0.05, 0) is 40.9 Å². The standard InChI is InChI=1S/C16H25N5O2/c1-6-23-16(22)12-10-18-15-14(19-11(2)21(15)5)13(12)17-8-7-9-20(3)4/h10H,6-9H2,1-5H3,(H,17,18). The number of pyridine rings is 1. The van der Waals surface area contributed by atoms with E-state index in [4.69, 9.17) is 4.74 Å². The van der Waals surface area contributed by atoms with Gasteiger partial charge in [-0.25, -0.2) is 14.8 Å². The molecule has 0 amide bonds. The molecular formula is C16H25N5O2. The third kappa shape index (κ3) is 3.79. The zero-order chi connectivity index (χ0) is 17.0. The molecule has 0 saturated carbocycles. The van der Waals surface area contributed by atoms with Gasteiger partial charge >= 0.3 is 5.97 Å². The summed E-state index contributed by atoms with van der Waals surface area (Å²) < 4.78 is 7.05. The van der Waals surface area contributed by atoms with Gasteiger partial charge in [0.15, 0.2) is 5.65 Å². The van der Waals surface area contributed by atoms with Crippen LogP contribution < -0.4 is 5.32 Å². The third-order valence-corrected chi connectivity index (χ3v) is 3.69. The van der Waals surface area contributed by atoms with Crippen LogP contribution in [0.2, 0.25) is 0 Å². The molecule has 0 saturated heterocycles. The van der Waals surface area contributed by atoms with E-state index in [1.54, 1.807) is 13.1 Å². The van der Waals surface area contributed by atoms with E-state index in [9.17, 15) is 4.79 Å². The van der Waals surface area contributed by atoms with Crippen molar-refractivity contribution < 1.29 is 9.53 Å². The first-order chi connectivity index (χ1) is 11.0. The highest BCUT2D eigenvalue weighted by molar-refractivity contribution is 6.03. The first-order valence-corrected chi connectivity index (χ1v) is 7.83. The summed E-state index contributed by atoms with van der Waals surface area (Å²) in [7, 11) is 5.99. The fourth-order valence-electron chi connectivity index (χ4n) is 2.38. The molecule has 0 aromatic carbocycles. The molecule has 0 fully saturated rings. The van der Waals surface area contributed by atoms with Gasteiger partial charge in [0.1, 0.15) is 16.9 Å². The predicted octanol–water partition coefficient (Wildman–Crippen LogP) is 1.82. The second-order valence-corrected chi connectivity index (χ2v) is 5.74. The van der Waals surface area contributed by atoms with Gasteiger partial charge in [-0.2, -0.15) is 0 Å². The Morgan fingerprint density at radius 2 is 2.17 bits per heavy atom. The lowest BCUT2D eigenvalue weighted by Gasteiger charge is -2.13. The average molecular weight is 319 g/mol. The molecule has 0 spiro atoms. The van der Waals surface area contributed by atoms with E-state index in [-0.39, 0.29) is 5.97 Å². The van der Waals surface area contributed by atoms with Crippen LogP contribution in [0.3, 0.4) is 0 Å². The number of imidazole rings is 1. The molecule has 23 heavy (non-hydrogen) atoms. The Hall–Kier alpha value is -2.15. The molecule has 2 rings (SSSR count). The number of esters is 1. The quantitative estimate of drug-likeness (QED) is 0.620. The molecule has 0 aliphatic rings. The number of carbonyl (C=O) groups excluding carboxylic acids is 1. The van der Waals surface area contributed by atoms with E-state index in [0.29, 0.717) is 23.4 Å². The summed E-state index contributed by atoms with van der Waals surface area (Å²) in [5, 5.41) is 3.35. The van der Waals surface area contributed by atoms with E-state index in [1.165, 1.54) is 0 Å². The Labute approximate surface area is 136 Å². The molecule has 2 aromatic heterocycles. The van der Waals surface area contributed by atoms with Crippen molar-refractivity contribution in [3.63, 3.8) is 0 Å². The molecule has 7 nitrogen and oxygen atoms in total. The Morgan fingerprint density at radius 1 is 1.43 bits per heavy atom. The van der Waals surface area contributed by atoms with Crippen molar-refractivity contribution in [1.82, 2.24) is 19.4 Å². The van der Waals surface area contributed by atoms with E-state index in [2.05, 4.69) is 20.2 Å². The minimum atomic E-state index is -0.375. The summed E-state index contributed by atoms with van der Waals surface area (Å²) in [6.45, 7) is 5.76. The lowest BCUT2D eigenvalue weighted by atomic mass is 10.2. The number of carbonyl (C=O) groups is 1. The van der Waals surface area contributed by atoms with Crippen molar-refractivity contribution in [2.75, 3.05) is 39.1 Å². The van der Waals surface area contributed by atoms with Crippen LogP contribution in [-0.4, -0.2) is 59.2 Å². The molecule has 0 radical (unpaired) electrons.